The minimum Gasteiger partial charge on any atom is -0.430 e. The van der Waals surface area contributed by atoms with Gasteiger partial charge in [0, 0.05) is 26.3 Å². The molecule has 0 heterocycles. The third kappa shape index (κ3) is 8.91. The van der Waals surface area contributed by atoms with Crippen LogP contribution in [0.15, 0.2) is 97.1 Å². The van der Waals surface area contributed by atoms with Gasteiger partial charge in [0.05, 0.1) is 13.2 Å². The molecule has 0 aliphatic carbocycles. The molecule has 4 aromatic carbocycles. The van der Waals surface area contributed by atoms with Gasteiger partial charge in [0.25, 0.3) is 0 Å². The zero-order valence-corrected chi connectivity index (χ0v) is 23.0. The van der Waals surface area contributed by atoms with Gasteiger partial charge >= 0.3 is 13.8 Å². The van der Waals surface area contributed by atoms with Crippen molar-refractivity contribution in [2.45, 2.75) is 34.4 Å². The van der Waals surface area contributed by atoms with Crippen molar-refractivity contribution in [2.24, 2.45) is 11.5 Å². The highest BCUT2D eigenvalue weighted by Crippen LogP contribution is 2.19. The van der Waals surface area contributed by atoms with Gasteiger partial charge < -0.3 is 25.5 Å². The monoisotopic (exact) mass is 536 g/mol. The van der Waals surface area contributed by atoms with Crippen molar-refractivity contribution < 1.29 is 14.0 Å². The van der Waals surface area contributed by atoms with Crippen LogP contribution >= 0.6 is 0 Å². The van der Waals surface area contributed by atoms with Crippen molar-refractivity contribution >= 4 is 30.2 Å². The Morgan fingerprint density at radius 2 is 1.00 bits per heavy atom. The van der Waals surface area contributed by atoms with Gasteiger partial charge in [0.15, 0.2) is 0 Å². The summed E-state index contributed by atoms with van der Waals surface area (Å²) >= 11 is 0. The molecule has 0 aromatic heterocycles. The van der Waals surface area contributed by atoms with E-state index in [4.69, 9.17) is 25.5 Å². The Labute approximate surface area is 241 Å². The van der Waals surface area contributed by atoms with Gasteiger partial charge in [-0.05, 0) is 45.6 Å². The lowest BCUT2D eigenvalue weighted by Gasteiger charge is -2.16. The molecule has 4 rings (SSSR count). The van der Waals surface area contributed by atoms with Crippen molar-refractivity contribution in [1.29, 1.82) is 0 Å². The number of rotatable bonds is 14. The van der Waals surface area contributed by atoms with Gasteiger partial charge in [-0.25, -0.2) is 0 Å². The van der Waals surface area contributed by atoms with Crippen molar-refractivity contribution in [3.63, 3.8) is 0 Å². The maximum atomic E-state index is 6.18. The molecule has 0 unspecified atom stereocenters. The van der Waals surface area contributed by atoms with Gasteiger partial charge in [0.2, 0.25) is 0 Å². The highest BCUT2D eigenvalue weighted by Gasteiger charge is 2.21. The van der Waals surface area contributed by atoms with E-state index in [1.165, 1.54) is 16.7 Å². The van der Waals surface area contributed by atoms with Crippen molar-refractivity contribution in [3.05, 3.63) is 114 Å². The topological polar surface area (TPSA) is 79.7 Å². The second-order valence-electron chi connectivity index (χ2n) is 9.81. The third-order valence-corrected chi connectivity index (χ3v) is 6.76. The largest absolute Gasteiger partial charge is 0.430 e. The van der Waals surface area contributed by atoms with Crippen LogP contribution < -0.4 is 27.9 Å². The first-order valence-electron chi connectivity index (χ1n) is 13.6. The molecule has 0 aliphatic heterocycles. The molecule has 0 saturated carbocycles. The molecule has 0 saturated heterocycles. The molecule has 5 nitrogen and oxygen atoms in total. The van der Waals surface area contributed by atoms with Crippen LogP contribution in [-0.2, 0) is 27.3 Å². The number of aryl methyl sites for hydroxylation is 1. The second kappa shape index (κ2) is 16.2. The summed E-state index contributed by atoms with van der Waals surface area (Å²) in [5.41, 5.74) is 20.5. The predicted octanol–water partition coefficient (Wildman–Crippen LogP) is 3.90. The van der Waals surface area contributed by atoms with Crippen LogP contribution in [0.3, 0.4) is 0 Å². The minimum atomic E-state index is -0.176. The van der Waals surface area contributed by atoms with E-state index in [1.807, 2.05) is 6.82 Å². The van der Waals surface area contributed by atoms with Gasteiger partial charge in [-0.1, -0.05) is 117 Å². The van der Waals surface area contributed by atoms with Crippen LogP contribution in [0.4, 0.5) is 0 Å². The number of nitrogens with two attached hydrogens (primary N) is 2. The first-order valence-corrected chi connectivity index (χ1v) is 13.6. The van der Waals surface area contributed by atoms with Crippen LogP contribution in [0.5, 0.6) is 0 Å². The van der Waals surface area contributed by atoms with E-state index >= 15 is 0 Å². The molecule has 0 atom stereocenters. The minimum absolute atomic E-state index is 0. The van der Waals surface area contributed by atoms with E-state index in [9.17, 15) is 0 Å². The fourth-order valence-corrected chi connectivity index (χ4v) is 4.47. The number of ether oxygens (including phenoxy) is 1. The standard InChI is InChI=1S/C32H38B2N2O3.CH4/c1-25-3-9-28(10-4-25)29-11-17-32(18-12-29)34(39-22-20-36)31-15-7-27(8-16-31)24-37-23-26-5-13-30(14-6-26)33(2)38-21-19-35;/h3-18H,19-24,35-36H2,1-2H3;1H4. The smallest absolute Gasteiger partial charge is 0.361 e. The van der Waals surface area contributed by atoms with Crippen LogP contribution in [-0.4, -0.2) is 40.1 Å². The van der Waals surface area contributed by atoms with E-state index in [2.05, 4.69) is 104 Å². The lowest BCUT2D eigenvalue weighted by atomic mass is 9.55. The van der Waals surface area contributed by atoms with Crippen LogP contribution in [0.25, 0.3) is 11.1 Å². The van der Waals surface area contributed by atoms with E-state index in [0.717, 1.165) is 27.5 Å². The lowest BCUT2D eigenvalue weighted by Crippen LogP contribution is -2.45. The summed E-state index contributed by atoms with van der Waals surface area (Å²) in [5, 5.41) is 0. The molecule has 0 spiro atoms. The Morgan fingerprint density at radius 3 is 1.50 bits per heavy atom. The molecule has 4 aromatic rings. The van der Waals surface area contributed by atoms with E-state index in [0.29, 0.717) is 39.5 Å². The molecule has 0 fully saturated rings. The average molecular weight is 536 g/mol. The summed E-state index contributed by atoms with van der Waals surface area (Å²) in [6.45, 7) is 7.15. The SMILES string of the molecule is C.CB(OCCN)c1ccc(COCc2ccc(B(OCCN)c3ccc(-c4ccc(C)cc4)cc3)cc2)cc1. The molecule has 7 heteroatoms. The van der Waals surface area contributed by atoms with Crippen LogP contribution in [0, 0.1) is 6.92 Å². The van der Waals surface area contributed by atoms with Crippen molar-refractivity contribution in [3.8, 4) is 11.1 Å². The predicted molar refractivity (Wildman–Crippen MR) is 171 cm³/mol. The Balaban J connectivity index is 0.00000441. The van der Waals surface area contributed by atoms with Gasteiger partial charge in [-0.2, -0.15) is 0 Å². The Kier molecular flexibility index (Phi) is 12.7. The maximum Gasteiger partial charge on any atom is 0.361 e. The molecule has 4 N–H and O–H groups in total. The van der Waals surface area contributed by atoms with E-state index in [-0.39, 0.29) is 21.3 Å². The summed E-state index contributed by atoms with van der Waals surface area (Å²) < 4.78 is 17.9. The first kappa shape index (κ1) is 31.3. The molecule has 0 radical (unpaired) electrons. The van der Waals surface area contributed by atoms with Crippen LogP contribution in [0.1, 0.15) is 24.1 Å². The summed E-state index contributed by atoms with van der Waals surface area (Å²) in [4.78, 5) is 0. The fraction of sp³-hybridized carbons (Fsp3) is 0.273. The summed E-state index contributed by atoms with van der Waals surface area (Å²) in [6.07, 6.45) is 0. The molecule has 40 heavy (non-hydrogen) atoms. The number of hydrogen-bond donors (Lipinski definition) is 2. The molecule has 0 bridgehead atoms. The Hall–Kier alpha value is -3.19. The molecule has 0 aliphatic rings. The number of benzene rings is 4. The Morgan fingerprint density at radius 1 is 0.575 bits per heavy atom. The number of hydrogen-bond acceptors (Lipinski definition) is 5. The molecular formula is C33H42B2N2O3. The quantitative estimate of drug-likeness (QED) is 0.239. The average Bonchev–Trinajstić information content (AvgIpc) is 2.98. The van der Waals surface area contributed by atoms with Gasteiger partial charge in [-0.15, -0.1) is 0 Å². The molecular weight excluding hydrogens is 494 g/mol. The maximum absolute atomic E-state index is 6.18. The van der Waals surface area contributed by atoms with Gasteiger partial charge in [0.1, 0.15) is 0 Å². The van der Waals surface area contributed by atoms with Gasteiger partial charge in [-0.3, -0.25) is 0 Å². The lowest BCUT2D eigenvalue weighted by molar-refractivity contribution is 0.107. The first-order chi connectivity index (χ1) is 19.1. The second-order valence-corrected chi connectivity index (χ2v) is 9.81. The highest BCUT2D eigenvalue weighted by molar-refractivity contribution is 6.80. The van der Waals surface area contributed by atoms with Crippen molar-refractivity contribution in [1.82, 2.24) is 0 Å². The van der Waals surface area contributed by atoms with E-state index < -0.39 is 0 Å². The third-order valence-electron chi connectivity index (χ3n) is 6.76. The highest BCUT2D eigenvalue weighted by atomic mass is 16.5. The fourth-order valence-electron chi connectivity index (χ4n) is 4.47. The van der Waals surface area contributed by atoms with E-state index in [1.54, 1.807) is 0 Å². The summed E-state index contributed by atoms with van der Waals surface area (Å²) in [6, 6.07) is 34.0. The van der Waals surface area contributed by atoms with Crippen molar-refractivity contribution in [2.75, 3.05) is 26.3 Å². The van der Waals surface area contributed by atoms with Crippen LogP contribution in [0.2, 0.25) is 6.82 Å². The molecule has 0 amide bonds. The Bertz CT molecular complexity index is 1270. The zero-order chi connectivity index (χ0) is 27.5. The summed E-state index contributed by atoms with van der Waals surface area (Å²) in [7, 11) is 0. The summed E-state index contributed by atoms with van der Waals surface area (Å²) in [5.74, 6) is 0. The zero-order valence-electron chi connectivity index (χ0n) is 23.0. The normalized spacial score (nSPS) is 10.7. The molecule has 208 valence electrons.